The quantitative estimate of drug-likeness (QED) is 0.479. The van der Waals surface area contributed by atoms with Crippen molar-refractivity contribution < 1.29 is 4.79 Å². The summed E-state index contributed by atoms with van der Waals surface area (Å²) in [6.07, 6.45) is 8.66. The Kier molecular flexibility index (Phi) is 11.7. The first-order chi connectivity index (χ1) is 15.4. The van der Waals surface area contributed by atoms with Gasteiger partial charge in [0.05, 0.1) is 11.9 Å². The summed E-state index contributed by atoms with van der Waals surface area (Å²) in [7, 11) is 1.54. The molecule has 0 fully saturated rings. The van der Waals surface area contributed by atoms with Crippen molar-refractivity contribution in [2.24, 2.45) is 0 Å². The van der Waals surface area contributed by atoms with Crippen molar-refractivity contribution in [1.82, 2.24) is 20.6 Å². The van der Waals surface area contributed by atoms with E-state index in [9.17, 15) is 4.79 Å². The van der Waals surface area contributed by atoms with E-state index in [1.54, 1.807) is 6.20 Å². The van der Waals surface area contributed by atoms with Crippen molar-refractivity contribution >= 4 is 11.7 Å². The van der Waals surface area contributed by atoms with E-state index in [1.807, 2.05) is 45.0 Å². The molecule has 0 radical (unpaired) electrons. The maximum absolute atomic E-state index is 12.0. The zero-order valence-corrected chi connectivity index (χ0v) is 20.2. The number of rotatable bonds is 9. The molecule has 0 saturated carbocycles. The maximum Gasteiger partial charge on any atom is 0.273 e. The molecule has 2 rings (SSSR count). The molecular formula is C26H37N5O. The third kappa shape index (κ3) is 7.17. The van der Waals surface area contributed by atoms with E-state index in [-0.39, 0.29) is 23.5 Å². The van der Waals surface area contributed by atoms with Gasteiger partial charge in [-0.05, 0) is 43.0 Å². The zero-order chi connectivity index (χ0) is 24.1. The third-order valence-corrected chi connectivity index (χ3v) is 4.88. The average molecular weight is 436 g/mol. The van der Waals surface area contributed by atoms with Gasteiger partial charge in [0, 0.05) is 25.2 Å². The van der Waals surface area contributed by atoms with Gasteiger partial charge in [0.2, 0.25) is 0 Å². The van der Waals surface area contributed by atoms with Gasteiger partial charge in [0.1, 0.15) is 0 Å². The lowest BCUT2D eigenvalue weighted by molar-refractivity contribution is 0.0959. The van der Waals surface area contributed by atoms with E-state index in [0.717, 1.165) is 17.5 Å². The Balaban J connectivity index is 0.00000249. The Hall–Kier alpha value is -3.25. The van der Waals surface area contributed by atoms with E-state index in [1.165, 1.54) is 18.2 Å². The van der Waals surface area contributed by atoms with E-state index in [4.69, 9.17) is 5.73 Å². The molecule has 0 aliphatic rings. The molecule has 1 heterocycles. The Morgan fingerprint density at radius 3 is 2.62 bits per heavy atom. The molecule has 1 amide bonds. The number of benzene rings is 1. The van der Waals surface area contributed by atoms with Crippen molar-refractivity contribution in [3.8, 4) is 11.3 Å². The first kappa shape index (κ1) is 26.8. The molecule has 0 aliphatic carbocycles. The minimum Gasteiger partial charge on any atom is -0.382 e. The average Bonchev–Trinajstić information content (AvgIpc) is 2.83. The standard InChI is InChI=1S/C24H31N5O.C2H6/c1-6-10-18(7-2)20(8-3)16(4)27-14-17-11-9-12-19(13-17)21-15-28-23(25)22(29-21)24(30)26-5;1-2/h6,8-13,15-16,27H,3,7,14H2,1-2,4-5H3,(H2,25,28)(H,26,30);1-2H3/b10-6-,20-18+;. The molecule has 6 heteroatoms. The molecule has 1 atom stereocenters. The number of carbonyl (C=O) groups excluding carboxylic acids is 1. The van der Waals surface area contributed by atoms with Crippen LogP contribution in [-0.2, 0) is 6.54 Å². The summed E-state index contributed by atoms with van der Waals surface area (Å²) in [6.45, 7) is 15.0. The van der Waals surface area contributed by atoms with Crippen LogP contribution >= 0.6 is 0 Å². The second kappa shape index (κ2) is 13.9. The van der Waals surface area contributed by atoms with Crippen LogP contribution in [0.4, 0.5) is 5.82 Å². The summed E-state index contributed by atoms with van der Waals surface area (Å²) in [6, 6.07) is 8.16. The number of amides is 1. The number of nitrogens with zero attached hydrogens (tertiary/aromatic N) is 2. The van der Waals surface area contributed by atoms with Gasteiger partial charge in [-0.25, -0.2) is 9.97 Å². The molecule has 32 heavy (non-hydrogen) atoms. The Labute approximate surface area is 192 Å². The molecule has 1 unspecified atom stereocenters. The third-order valence-electron chi connectivity index (χ3n) is 4.88. The SMILES string of the molecule is C=C/C(=C(\C=C/C)CC)C(C)NCc1cccc(-c2cnc(N)c(C(=O)NC)n2)c1.CC. The monoisotopic (exact) mass is 435 g/mol. The summed E-state index contributed by atoms with van der Waals surface area (Å²) in [5.74, 6) is -0.244. The summed E-state index contributed by atoms with van der Waals surface area (Å²) in [4.78, 5) is 20.5. The number of anilines is 1. The molecule has 6 nitrogen and oxygen atoms in total. The highest BCUT2D eigenvalue weighted by atomic mass is 16.1. The highest BCUT2D eigenvalue weighted by Gasteiger charge is 2.14. The molecule has 0 aliphatic heterocycles. The second-order valence-corrected chi connectivity index (χ2v) is 6.91. The molecule has 2 aromatic rings. The van der Waals surface area contributed by atoms with Crippen LogP contribution in [0.3, 0.4) is 0 Å². The molecule has 172 valence electrons. The summed E-state index contributed by atoms with van der Waals surface area (Å²) in [5, 5.41) is 6.10. The maximum atomic E-state index is 12.0. The van der Waals surface area contributed by atoms with Crippen LogP contribution in [0, 0.1) is 0 Å². The van der Waals surface area contributed by atoms with Crippen molar-refractivity contribution in [3.63, 3.8) is 0 Å². The lowest BCUT2D eigenvalue weighted by Gasteiger charge is -2.18. The predicted molar refractivity (Wildman–Crippen MR) is 135 cm³/mol. The number of nitrogens with one attached hydrogen (secondary N) is 2. The van der Waals surface area contributed by atoms with Crippen molar-refractivity contribution in [1.29, 1.82) is 0 Å². The molecule has 4 N–H and O–H groups in total. The number of hydrogen-bond acceptors (Lipinski definition) is 5. The number of allylic oxidation sites excluding steroid dienone is 3. The Bertz CT molecular complexity index is 962. The molecular weight excluding hydrogens is 398 g/mol. The van der Waals surface area contributed by atoms with Crippen molar-refractivity contribution in [2.45, 2.75) is 53.6 Å². The van der Waals surface area contributed by atoms with E-state index in [2.05, 4.69) is 59.2 Å². The highest BCUT2D eigenvalue weighted by Crippen LogP contribution is 2.21. The van der Waals surface area contributed by atoms with Crippen LogP contribution in [0.15, 0.2) is 66.4 Å². The van der Waals surface area contributed by atoms with Crippen LogP contribution < -0.4 is 16.4 Å². The van der Waals surface area contributed by atoms with Crippen LogP contribution in [-0.4, -0.2) is 29.0 Å². The molecule has 0 bridgehead atoms. The van der Waals surface area contributed by atoms with Crippen LogP contribution in [0.1, 0.15) is 57.1 Å². The van der Waals surface area contributed by atoms with Gasteiger partial charge in [0.25, 0.3) is 5.91 Å². The number of hydrogen-bond donors (Lipinski definition) is 3. The molecule has 1 aromatic heterocycles. The number of carbonyl (C=O) groups is 1. The Morgan fingerprint density at radius 2 is 2.03 bits per heavy atom. The van der Waals surface area contributed by atoms with Gasteiger partial charge in [-0.15, -0.1) is 0 Å². The second-order valence-electron chi connectivity index (χ2n) is 6.91. The normalized spacial score (nSPS) is 12.4. The van der Waals surface area contributed by atoms with Crippen LogP contribution in [0.5, 0.6) is 0 Å². The van der Waals surface area contributed by atoms with E-state index in [0.29, 0.717) is 12.2 Å². The first-order valence-corrected chi connectivity index (χ1v) is 11.1. The van der Waals surface area contributed by atoms with Gasteiger partial charge in [-0.3, -0.25) is 4.79 Å². The number of nitrogens with two attached hydrogens (primary N) is 1. The lowest BCUT2D eigenvalue weighted by atomic mass is 9.99. The number of nitrogen functional groups attached to an aromatic ring is 1. The Morgan fingerprint density at radius 1 is 1.31 bits per heavy atom. The number of aromatic nitrogens is 2. The smallest absolute Gasteiger partial charge is 0.273 e. The van der Waals surface area contributed by atoms with Gasteiger partial charge in [0.15, 0.2) is 11.5 Å². The highest BCUT2D eigenvalue weighted by molar-refractivity contribution is 5.96. The van der Waals surface area contributed by atoms with Gasteiger partial charge < -0.3 is 16.4 Å². The van der Waals surface area contributed by atoms with Gasteiger partial charge >= 0.3 is 0 Å². The van der Waals surface area contributed by atoms with E-state index < -0.39 is 0 Å². The van der Waals surface area contributed by atoms with Crippen LogP contribution in [0.25, 0.3) is 11.3 Å². The fourth-order valence-electron chi connectivity index (χ4n) is 3.25. The molecule has 1 aromatic carbocycles. The lowest BCUT2D eigenvalue weighted by Crippen LogP contribution is -2.27. The van der Waals surface area contributed by atoms with Crippen molar-refractivity contribution in [3.05, 3.63) is 77.7 Å². The zero-order valence-electron chi connectivity index (χ0n) is 20.2. The van der Waals surface area contributed by atoms with E-state index >= 15 is 0 Å². The van der Waals surface area contributed by atoms with Crippen molar-refractivity contribution in [2.75, 3.05) is 12.8 Å². The summed E-state index contributed by atoms with van der Waals surface area (Å²) < 4.78 is 0. The molecule has 0 spiro atoms. The van der Waals surface area contributed by atoms with Gasteiger partial charge in [-0.2, -0.15) is 0 Å². The minimum absolute atomic E-state index is 0.112. The first-order valence-electron chi connectivity index (χ1n) is 11.1. The fourth-order valence-corrected chi connectivity index (χ4v) is 3.25. The molecule has 0 saturated heterocycles. The topological polar surface area (TPSA) is 92.9 Å². The fraction of sp³-hybridized carbons (Fsp3) is 0.346. The summed E-state index contributed by atoms with van der Waals surface area (Å²) >= 11 is 0. The predicted octanol–water partition coefficient (Wildman–Crippen LogP) is 5.06. The largest absolute Gasteiger partial charge is 0.382 e. The van der Waals surface area contributed by atoms with Crippen LogP contribution in [0.2, 0.25) is 0 Å². The summed E-state index contributed by atoms with van der Waals surface area (Å²) in [5.41, 5.74) is 11.0. The minimum atomic E-state index is -0.356. The van der Waals surface area contributed by atoms with Gasteiger partial charge in [-0.1, -0.05) is 63.8 Å².